The Morgan fingerprint density at radius 2 is 2.06 bits per heavy atom. The zero-order valence-corrected chi connectivity index (χ0v) is 9.28. The highest BCUT2D eigenvalue weighted by atomic mass is 32.1. The van der Waals surface area contributed by atoms with E-state index in [1.54, 1.807) is 29.7 Å². The highest BCUT2D eigenvalue weighted by Gasteiger charge is 2.01. The second kappa shape index (κ2) is 5.23. The molecule has 0 fully saturated rings. The number of thiophene rings is 1. The monoisotopic (exact) mass is 230 g/mol. The van der Waals surface area contributed by atoms with E-state index in [-0.39, 0.29) is 5.91 Å². The fourth-order valence-electron chi connectivity index (χ4n) is 1.17. The molecule has 0 aliphatic rings. The molecule has 2 rings (SSSR count). The lowest BCUT2D eigenvalue weighted by molar-refractivity contribution is 0.0955. The molecular formula is C12H10N2OS. The number of amides is 1. The summed E-state index contributed by atoms with van der Waals surface area (Å²) in [7, 11) is 0. The number of nitrogens with zero attached hydrogens (tertiary/aromatic N) is 1. The predicted molar refractivity (Wildman–Crippen MR) is 65.8 cm³/mol. The van der Waals surface area contributed by atoms with Gasteiger partial charge < -0.3 is 0 Å². The van der Waals surface area contributed by atoms with Crippen LogP contribution in [0, 0.1) is 0 Å². The van der Waals surface area contributed by atoms with Gasteiger partial charge in [0.2, 0.25) is 0 Å². The first kappa shape index (κ1) is 10.6. The first-order valence-corrected chi connectivity index (χ1v) is 5.71. The standard InChI is InChI=1S/C12H10N2OS/c15-12(11-4-2-1-3-5-11)14-13-8-10-6-7-16-9-10/h1-9H,(H,14,15)/b13-8+. The van der Waals surface area contributed by atoms with Crippen molar-refractivity contribution < 1.29 is 4.79 Å². The summed E-state index contributed by atoms with van der Waals surface area (Å²) in [5, 5.41) is 7.79. The van der Waals surface area contributed by atoms with Gasteiger partial charge in [0.05, 0.1) is 6.21 Å². The first-order valence-electron chi connectivity index (χ1n) is 4.77. The van der Waals surface area contributed by atoms with E-state index < -0.39 is 0 Å². The number of nitrogens with one attached hydrogen (secondary N) is 1. The number of carbonyl (C=O) groups is 1. The third-order valence-corrected chi connectivity index (χ3v) is 2.66. The van der Waals surface area contributed by atoms with Crippen LogP contribution in [0.25, 0.3) is 0 Å². The SMILES string of the molecule is O=C(N/N=C/c1ccsc1)c1ccccc1. The second-order valence-electron chi connectivity index (χ2n) is 3.12. The molecule has 0 saturated carbocycles. The fourth-order valence-corrected chi connectivity index (χ4v) is 1.78. The van der Waals surface area contributed by atoms with Crippen LogP contribution in [0.2, 0.25) is 0 Å². The molecule has 0 spiro atoms. The zero-order valence-electron chi connectivity index (χ0n) is 8.46. The van der Waals surface area contributed by atoms with Gasteiger partial charge in [-0.3, -0.25) is 4.79 Å². The summed E-state index contributed by atoms with van der Waals surface area (Å²) in [6.07, 6.45) is 1.62. The van der Waals surface area contributed by atoms with E-state index in [9.17, 15) is 4.79 Å². The Morgan fingerprint density at radius 3 is 2.75 bits per heavy atom. The number of carbonyl (C=O) groups excluding carboxylic acids is 1. The van der Waals surface area contributed by atoms with Gasteiger partial charge in [0.25, 0.3) is 5.91 Å². The van der Waals surface area contributed by atoms with Gasteiger partial charge in [-0.1, -0.05) is 18.2 Å². The number of hydrogen-bond acceptors (Lipinski definition) is 3. The molecular weight excluding hydrogens is 220 g/mol. The second-order valence-corrected chi connectivity index (χ2v) is 3.90. The van der Waals surface area contributed by atoms with E-state index in [2.05, 4.69) is 10.5 Å². The molecule has 0 aliphatic carbocycles. The van der Waals surface area contributed by atoms with Crippen molar-refractivity contribution in [1.29, 1.82) is 0 Å². The van der Waals surface area contributed by atoms with Crippen molar-refractivity contribution in [3.8, 4) is 0 Å². The van der Waals surface area contributed by atoms with Crippen LogP contribution in [0.3, 0.4) is 0 Å². The number of hydrazone groups is 1. The van der Waals surface area contributed by atoms with E-state index in [0.29, 0.717) is 5.56 Å². The molecule has 1 amide bonds. The molecule has 1 aromatic heterocycles. The van der Waals surface area contributed by atoms with Crippen LogP contribution in [0.5, 0.6) is 0 Å². The lowest BCUT2D eigenvalue weighted by Gasteiger charge is -1.97. The minimum Gasteiger partial charge on any atom is -0.267 e. The van der Waals surface area contributed by atoms with Gasteiger partial charge in [-0.25, -0.2) is 5.43 Å². The molecule has 2 aromatic rings. The molecule has 0 radical (unpaired) electrons. The average Bonchev–Trinajstić information content (AvgIpc) is 2.83. The van der Waals surface area contributed by atoms with Gasteiger partial charge >= 0.3 is 0 Å². The lowest BCUT2D eigenvalue weighted by atomic mass is 10.2. The molecule has 1 N–H and O–H groups in total. The molecule has 4 heteroatoms. The van der Waals surface area contributed by atoms with E-state index in [0.717, 1.165) is 5.56 Å². The minimum absolute atomic E-state index is 0.202. The molecule has 0 aliphatic heterocycles. The molecule has 1 aromatic carbocycles. The Hall–Kier alpha value is -1.94. The largest absolute Gasteiger partial charge is 0.271 e. The van der Waals surface area contributed by atoms with Crippen molar-refractivity contribution in [2.45, 2.75) is 0 Å². The third-order valence-electron chi connectivity index (χ3n) is 1.96. The minimum atomic E-state index is -0.202. The number of benzene rings is 1. The fraction of sp³-hybridized carbons (Fsp3) is 0. The Kier molecular flexibility index (Phi) is 3.46. The molecule has 3 nitrogen and oxygen atoms in total. The topological polar surface area (TPSA) is 41.5 Å². The molecule has 0 bridgehead atoms. The maximum absolute atomic E-state index is 11.6. The Bertz CT molecular complexity index is 477. The van der Waals surface area contributed by atoms with Crippen LogP contribution in [-0.2, 0) is 0 Å². The van der Waals surface area contributed by atoms with Crippen molar-refractivity contribution in [1.82, 2.24) is 5.43 Å². The van der Waals surface area contributed by atoms with Crippen molar-refractivity contribution >= 4 is 23.5 Å². The third kappa shape index (κ3) is 2.77. The van der Waals surface area contributed by atoms with Crippen molar-refractivity contribution in [3.05, 3.63) is 58.3 Å². The molecule has 1 heterocycles. The summed E-state index contributed by atoms with van der Waals surface area (Å²) in [6.45, 7) is 0. The van der Waals surface area contributed by atoms with Crippen LogP contribution in [0.4, 0.5) is 0 Å². The van der Waals surface area contributed by atoms with Gasteiger partial charge in [-0.2, -0.15) is 16.4 Å². The molecule has 80 valence electrons. The summed E-state index contributed by atoms with van der Waals surface area (Å²) in [4.78, 5) is 11.6. The molecule has 16 heavy (non-hydrogen) atoms. The molecule has 0 atom stereocenters. The summed E-state index contributed by atoms with van der Waals surface area (Å²) < 4.78 is 0. The van der Waals surface area contributed by atoms with Crippen molar-refractivity contribution in [2.75, 3.05) is 0 Å². The lowest BCUT2D eigenvalue weighted by Crippen LogP contribution is -2.17. The summed E-state index contributed by atoms with van der Waals surface area (Å²) >= 11 is 1.59. The highest BCUT2D eigenvalue weighted by molar-refractivity contribution is 7.08. The smallest absolute Gasteiger partial charge is 0.267 e. The van der Waals surface area contributed by atoms with E-state index in [4.69, 9.17) is 0 Å². The Morgan fingerprint density at radius 1 is 1.25 bits per heavy atom. The summed E-state index contributed by atoms with van der Waals surface area (Å²) in [5.41, 5.74) is 4.06. The van der Waals surface area contributed by atoms with Crippen LogP contribution in [-0.4, -0.2) is 12.1 Å². The Labute approximate surface area is 97.4 Å². The van der Waals surface area contributed by atoms with Crippen LogP contribution < -0.4 is 5.43 Å². The van der Waals surface area contributed by atoms with Gasteiger partial charge in [-0.15, -0.1) is 0 Å². The summed E-state index contributed by atoms with van der Waals surface area (Å²) in [5.74, 6) is -0.202. The zero-order chi connectivity index (χ0) is 11.2. The summed E-state index contributed by atoms with van der Waals surface area (Å²) in [6, 6.07) is 10.9. The van der Waals surface area contributed by atoms with Gasteiger partial charge in [-0.05, 0) is 29.0 Å². The molecule has 0 saturated heterocycles. The number of hydrogen-bond donors (Lipinski definition) is 1. The number of rotatable bonds is 3. The van der Waals surface area contributed by atoms with E-state index in [1.165, 1.54) is 0 Å². The van der Waals surface area contributed by atoms with Crippen LogP contribution in [0.1, 0.15) is 15.9 Å². The van der Waals surface area contributed by atoms with Crippen molar-refractivity contribution in [2.24, 2.45) is 5.10 Å². The Balaban J connectivity index is 1.94. The van der Waals surface area contributed by atoms with Gasteiger partial charge in [0.15, 0.2) is 0 Å². The first-order chi connectivity index (χ1) is 7.86. The average molecular weight is 230 g/mol. The highest BCUT2D eigenvalue weighted by Crippen LogP contribution is 2.02. The van der Waals surface area contributed by atoms with Crippen LogP contribution >= 0.6 is 11.3 Å². The molecule has 0 unspecified atom stereocenters. The van der Waals surface area contributed by atoms with E-state index >= 15 is 0 Å². The maximum Gasteiger partial charge on any atom is 0.271 e. The van der Waals surface area contributed by atoms with E-state index in [1.807, 2.05) is 35.0 Å². The maximum atomic E-state index is 11.6. The van der Waals surface area contributed by atoms with Crippen LogP contribution in [0.15, 0.2) is 52.3 Å². The van der Waals surface area contributed by atoms with Crippen molar-refractivity contribution in [3.63, 3.8) is 0 Å². The van der Waals surface area contributed by atoms with Gasteiger partial charge in [0.1, 0.15) is 0 Å². The van der Waals surface area contributed by atoms with Gasteiger partial charge in [0, 0.05) is 11.1 Å². The quantitative estimate of drug-likeness (QED) is 0.639. The normalized spacial score (nSPS) is 10.5. The predicted octanol–water partition coefficient (Wildman–Crippen LogP) is 2.51.